The minimum absolute atomic E-state index is 0.0740. The number of hydrogen-bond donors (Lipinski definition) is 1. The first-order valence-corrected chi connectivity index (χ1v) is 11.0. The Balaban J connectivity index is 1.94. The largest absolute Gasteiger partial charge is 0.490 e. The third-order valence-electron chi connectivity index (χ3n) is 4.72. The van der Waals surface area contributed by atoms with Gasteiger partial charge in [-0.25, -0.2) is 9.69 Å². The summed E-state index contributed by atoms with van der Waals surface area (Å²) in [5, 5.41) is 8.36. The molecule has 7 nitrogen and oxygen atoms in total. The van der Waals surface area contributed by atoms with Gasteiger partial charge in [-0.3, -0.25) is 9.59 Å². The second-order valence-corrected chi connectivity index (χ2v) is 8.02. The number of benzene rings is 2. The average Bonchev–Trinajstić information content (AvgIpc) is 3.05. The highest BCUT2D eigenvalue weighted by atomic mass is 32.2. The van der Waals surface area contributed by atoms with Crippen LogP contribution in [0.2, 0.25) is 0 Å². The standard InChI is InChI=1S/C23H20F3NO6S/c1-3-16(21(29)30)33-17-10-9-13(11-18(17)32-4-2)12-19-20(28)27(22(31)34-19)15-8-6-5-7-14(15)23(24,25)26/h5-12,16H,3-4H2,1-2H3,(H,29,30)/b19-12+. The number of carbonyl (C=O) groups excluding carboxylic acids is 2. The zero-order valence-electron chi connectivity index (χ0n) is 18.1. The summed E-state index contributed by atoms with van der Waals surface area (Å²) in [6.07, 6.45) is -4.27. The maximum atomic E-state index is 13.4. The molecule has 180 valence electrons. The summed E-state index contributed by atoms with van der Waals surface area (Å²) in [5.41, 5.74) is -1.23. The van der Waals surface area contributed by atoms with Gasteiger partial charge >= 0.3 is 12.1 Å². The predicted octanol–water partition coefficient (Wildman–Crippen LogP) is 5.59. The Labute approximate surface area is 197 Å². The number of aliphatic carboxylic acids is 1. The molecule has 1 atom stereocenters. The first-order valence-electron chi connectivity index (χ1n) is 10.2. The zero-order chi connectivity index (χ0) is 25.0. The molecule has 1 aliphatic rings. The van der Waals surface area contributed by atoms with E-state index in [0.29, 0.717) is 22.2 Å². The molecule has 1 aliphatic heterocycles. The van der Waals surface area contributed by atoms with Gasteiger partial charge in [-0.15, -0.1) is 0 Å². The molecule has 1 heterocycles. The number of ether oxygens (including phenoxy) is 2. The molecule has 1 fully saturated rings. The highest BCUT2D eigenvalue weighted by molar-refractivity contribution is 8.19. The molecule has 0 aromatic heterocycles. The molecule has 1 saturated heterocycles. The average molecular weight is 495 g/mol. The molecule has 1 N–H and O–H groups in total. The van der Waals surface area contributed by atoms with Crippen LogP contribution in [-0.4, -0.2) is 34.9 Å². The van der Waals surface area contributed by atoms with Crippen molar-refractivity contribution in [3.63, 3.8) is 0 Å². The second kappa shape index (κ2) is 10.2. The number of hydrogen-bond acceptors (Lipinski definition) is 6. The van der Waals surface area contributed by atoms with Crippen molar-refractivity contribution < 1.29 is 42.1 Å². The Hall–Kier alpha value is -3.47. The maximum Gasteiger partial charge on any atom is 0.418 e. The van der Waals surface area contributed by atoms with Crippen LogP contribution in [0.5, 0.6) is 11.5 Å². The first-order chi connectivity index (χ1) is 16.1. The van der Waals surface area contributed by atoms with E-state index in [1.807, 2.05) is 0 Å². The number of thioether (sulfide) groups is 1. The van der Waals surface area contributed by atoms with Gasteiger partial charge in [-0.1, -0.05) is 25.1 Å². The number of amides is 2. The van der Waals surface area contributed by atoms with E-state index in [1.54, 1.807) is 13.8 Å². The highest BCUT2D eigenvalue weighted by Crippen LogP contribution is 2.42. The number of imide groups is 1. The van der Waals surface area contributed by atoms with Crippen LogP contribution in [0, 0.1) is 0 Å². The Kier molecular flexibility index (Phi) is 7.55. The molecule has 2 aromatic rings. The Bertz CT molecular complexity index is 1150. The minimum atomic E-state index is -4.75. The molecule has 0 aliphatic carbocycles. The minimum Gasteiger partial charge on any atom is -0.490 e. The summed E-state index contributed by atoms with van der Waals surface area (Å²) in [4.78, 5) is 37.0. The molecule has 11 heteroatoms. The van der Waals surface area contributed by atoms with E-state index in [2.05, 4.69) is 0 Å². The van der Waals surface area contributed by atoms with Crippen molar-refractivity contribution in [2.24, 2.45) is 0 Å². The Morgan fingerprint density at radius 1 is 1.15 bits per heavy atom. The lowest BCUT2D eigenvalue weighted by Crippen LogP contribution is -2.30. The SMILES string of the molecule is CCOc1cc(/C=C2/SC(=O)N(c3ccccc3C(F)(F)F)C2=O)ccc1OC(CC)C(=O)O. The van der Waals surface area contributed by atoms with E-state index >= 15 is 0 Å². The number of carboxylic acids is 1. The first kappa shape index (κ1) is 25.2. The van der Waals surface area contributed by atoms with Gasteiger partial charge in [0.25, 0.3) is 11.1 Å². The van der Waals surface area contributed by atoms with Gasteiger partial charge in [-0.05, 0) is 61.0 Å². The monoisotopic (exact) mass is 495 g/mol. The van der Waals surface area contributed by atoms with E-state index in [-0.39, 0.29) is 29.4 Å². The van der Waals surface area contributed by atoms with Gasteiger partial charge in [0.05, 0.1) is 22.8 Å². The van der Waals surface area contributed by atoms with Gasteiger partial charge in [0, 0.05) is 0 Å². The molecule has 2 aromatic carbocycles. The maximum absolute atomic E-state index is 13.4. The molecular formula is C23H20F3NO6S. The molecule has 1 unspecified atom stereocenters. The number of alkyl halides is 3. The third-order valence-corrected chi connectivity index (χ3v) is 5.59. The van der Waals surface area contributed by atoms with Crippen LogP contribution in [0.1, 0.15) is 31.4 Å². The number of carbonyl (C=O) groups is 3. The van der Waals surface area contributed by atoms with E-state index in [9.17, 15) is 32.7 Å². The highest BCUT2D eigenvalue weighted by Gasteiger charge is 2.42. The Morgan fingerprint density at radius 2 is 1.85 bits per heavy atom. The van der Waals surface area contributed by atoms with Crippen LogP contribution in [0.3, 0.4) is 0 Å². The number of carboxylic acid groups (broad SMARTS) is 1. The quantitative estimate of drug-likeness (QED) is 0.478. The van der Waals surface area contributed by atoms with E-state index < -0.39 is 40.6 Å². The number of halogens is 3. The fourth-order valence-electron chi connectivity index (χ4n) is 3.18. The third kappa shape index (κ3) is 5.36. The lowest BCUT2D eigenvalue weighted by atomic mass is 10.1. The summed E-state index contributed by atoms with van der Waals surface area (Å²) in [5.74, 6) is -1.62. The van der Waals surface area contributed by atoms with E-state index in [1.165, 1.54) is 36.4 Å². The van der Waals surface area contributed by atoms with Crippen LogP contribution in [0.15, 0.2) is 47.4 Å². The molecule has 0 spiro atoms. The number of nitrogens with zero attached hydrogens (tertiary/aromatic N) is 1. The molecule has 34 heavy (non-hydrogen) atoms. The van der Waals surface area contributed by atoms with Crippen molar-refractivity contribution in [1.82, 2.24) is 0 Å². The van der Waals surface area contributed by atoms with Gasteiger partial charge in [-0.2, -0.15) is 13.2 Å². The van der Waals surface area contributed by atoms with Crippen LogP contribution >= 0.6 is 11.8 Å². The van der Waals surface area contributed by atoms with Crippen LogP contribution in [-0.2, 0) is 15.8 Å². The van der Waals surface area contributed by atoms with Crippen LogP contribution < -0.4 is 14.4 Å². The van der Waals surface area contributed by atoms with Crippen molar-refractivity contribution in [2.45, 2.75) is 32.5 Å². The van der Waals surface area contributed by atoms with Crippen molar-refractivity contribution in [3.8, 4) is 11.5 Å². The Morgan fingerprint density at radius 3 is 2.47 bits per heavy atom. The molecule has 2 amide bonds. The molecular weight excluding hydrogens is 475 g/mol. The van der Waals surface area contributed by atoms with Crippen molar-refractivity contribution in [1.29, 1.82) is 0 Å². The fraction of sp³-hybridized carbons (Fsp3) is 0.261. The molecule has 0 radical (unpaired) electrons. The van der Waals surface area contributed by atoms with Crippen LogP contribution in [0.4, 0.5) is 23.7 Å². The molecule has 0 saturated carbocycles. The van der Waals surface area contributed by atoms with Crippen molar-refractivity contribution >= 4 is 40.6 Å². The summed E-state index contributed by atoms with van der Waals surface area (Å²) < 4.78 is 51.2. The van der Waals surface area contributed by atoms with E-state index in [4.69, 9.17) is 9.47 Å². The van der Waals surface area contributed by atoms with Gasteiger partial charge < -0.3 is 14.6 Å². The van der Waals surface area contributed by atoms with E-state index in [0.717, 1.165) is 12.1 Å². The van der Waals surface area contributed by atoms with Gasteiger partial charge in [0.1, 0.15) is 0 Å². The molecule has 0 bridgehead atoms. The number of para-hydroxylation sites is 1. The lowest BCUT2D eigenvalue weighted by molar-refractivity contribution is -0.145. The predicted molar refractivity (Wildman–Crippen MR) is 120 cm³/mol. The van der Waals surface area contributed by atoms with Gasteiger partial charge in [0.15, 0.2) is 17.6 Å². The summed E-state index contributed by atoms with van der Waals surface area (Å²) in [7, 11) is 0. The number of rotatable bonds is 8. The topological polar surface area (TPSA) is 93.1 Å². The fourth-order valence-corrected chi connectivity index (χ4v) is 4.01. The smallest absolute Gasteiger partial charge is 0.418 e. The summed E-state index contributed by atoms with van der Waals surface area (Å²) >= 11 is 0.514. The lowest BCUT2D eigenvalue weighted by Gasteiger charge is -2.18. The van der Waals surface area contributed by atoms with Crippen LogP contribution in [0.25, 0.3) is 6.08 Å². The van der Waals surface area contributed by atoms with Crippen molar-refractivity contribution in [3.05, 3.63) is 58.5 Å². The summed E-state index contributed by atoms with van der Waals surface area (Å²) in [6, 6.07) is 8.82. The number of anilines is 1. The van der Waals surface area contributed by atoms with Crippen molar-refractivity contribution in [2.75, 3.05) is 11.5 Å². The van der Waals surface area contributed by atoms with Gasteiger partial charge in [0.2, 0.25) is 0 Å². The molecule has 3 rings (SSSR count). The summed E-state index contributed by atoms with van der Waals surface area (Å²) in [6.45, 7) is 3.61. The normalized spacial score (nSPS) is 16.1. The zero-order valence-corrected chi connectivity index (χ0v) is 18.9. The second-order valence-electron chi connectivity index (χ2n) is 7.02.